The average molecular weight is 609 g/mol. The molecule has 40 heavy (non-hydrogen) atoms. The highest BCUT2D eigenvalue weighted by atomic mass is 35.5. The zero-order valence-electron chi connectivity index (χ0n) is 20.8. The average Bonchev–Trinajstić information content (AvgIpc) is 3.62. The minimum absolute atomic E-state index is 0.0395. The Morgan fingerprint density at radius 3 is 2.60 bits per heavy atom. The molecule has 1 saturated heterocycles. The van der Waals surface area contributed by atoms with Crippen LogP contribution in [0.1, 0.15) is 28.6 Å². The second kappa shape index (κ2) is 10.7. The third kappa shape index (κ3) is 4.66. The van der Waals surface area contributed by atoms with Gasteiger partial charge in [-0.25, -0.2) is 4.98 Å². The van der Waals surface area contributed by atoms with Crippen molar-refractivity contribution >= 4 is 74.5 Å². The Labute approximate surface area is 246 Å². The van der Waals surface area contributed by atoms with Gasteiger partial charge in [0.1, 0.15) is 11.3 Å². The lowest BCUT2D eigenvalue weighted by Crippen LogP contribution is -2.29. The summed E-state index contributed by atoms with van der Waals surface area (Å²) < 4.78 is 2.29. The van der Waals surface area contributed by atoms with Crippen LogP contribution in [0.3, 0.4) is 0 Å². The fourth-order valence-corrected chi connectivity index (χ4v) is 7.07. The number of aromatic nitrogens is 4. The monoisotopic (exact) mass is 607 g/mol. The number of imidazole rings is 1. The van der Waals surface area contributed by atoms with Gasteiger partial charge in [-0.15, -0.1) is 10.2 Å². The van der Waals surface area contributed by atoms with Gasteiger partial charge in [0.2, 0.25) is 5.13 Å². The van der Waals surface area contributed by atoms with Gasteiger partial charge in [-0.2, -0.15) is 0 Å². The predicted octanol–water partition coefficient (Wildman–Crippen LogP) is 6.72. The number of Topliss-reactive ketones (excluding diaryl/α,β-unsaturated/α-hetero) is 1. The number of hydrogen-bond donors (Lipinski definition) is 1. The summed E-state index contributed by atoms with van der Waals surface area (Å²) in [4.78, 5) is 32.8. The lowest BCUT2D eigenvalue weighted by Gasteiger charge is -2.22. The van der Waals surface area contributed by atoms with Crippen LogP contribution in [0.4, 0.5) is 5.13 Å². The van der Waals surface area contributed by atoms with E-state index in [1.807, 2.05) is 30.3 Å². The number of thioether (sulfide) groups is 1. The zero-order valence-corrected chi connectivity index (χ0v) is 23.9. The number of carbonyl (C=O) groups is 2. The Kier molecular flexibility index (Phi) is 7.09. The SMILES string of the molecule is Cc1nc2ccccn2c1C(O)=C1C(=O)C(=O)N(c2nnc(SCc3ccc(Cl)cc3Cl)s2)C1c1ccccc1. The molecule has 1 amide bonds. The molecular formula is C28H19Cl2N5O3S2. The standard InChI is InChI=1S/C28H19Cl2N5O3S2/c1-15-22(34-12-6-5-9-20(34)31-15)24(36)21-23(16-7-3-2-4-8-16)35(26(38)25(21)37)27-32-33-28(40-27)39-14-17-10-11-18(29)13-19(17)30/h2-13,23,36H,14H2,1H3. The second-order valence-corrected chi connectivity index (χ2v) is 12.0. The molecule has 1 N–H and O–H groups in total. The molecule has 0 aliphatic carbocycles. The molecule has 1 aliphatic rings. The Morgan fingerprint density at radius 2 is 1.82 bits per heavy atom. The summed E-state index contributed by atoms with van der Waals surface area (Å²) in [6, 6.07) is 18.9. The molecule has 1 fully saturated rings. The zero-order chi connectivity index (χ0) is 28.0. The fraction of sp³-hybridized carbons (Fsp3) is 0.107. The second-order valence-electron chi connectivity index (χ2n) is 8.93. The van der Waals surface area contributed by atoms with Crippen LogP contribution in [0, 0.1) is 6.92 Å². The van der Waals surface area contributed by atoms with Gasteiger partial charge in [-0.1, -0.05) is 88.8 Å². The summed E-state index contributed by atoms with van der Waals surface area (Å²) in [7, 11) is 0. The minimum atomic E-state index is -0.911. The maximum absolute atomic E-state index is 13.5. The molecule has 1 unspecified atom stereocenters. The predicted molar refractivity (Wildman–Crippen MR) is 157 cm³/mol. The number of nitrogens with zero attached hydrogens (tertiary/aromatic N) is 5. The molecule has 5 aromatic rings. The van der Waals surface area contributed by atoms with Crippen molar-refractivity contribution in [3.63, 3.8) is 0 Å². The first-order valence-electron chi connectivity index (χ1n) is 12.0. The van der Waals surface area contributed by atoms with E-state index in [9.17, 15) is 14.7 Å². The quantitative estimate of drug-likeness (QED) is 0.0751. The van der Waals surface area contributed by atoms with Crippen LogP contribution in [0.15, 0.2) is 82.8 Å². The Morgan fingerprint density at radius 1 is 1.05 bits per heavy atom. The van der Waals surface area contributed by atoms with E-state index in [0.29, 0.717) is 42.7 Å². The summed E-state index contributed by atoms with van der Waals surface area (Å²) in [6.07, 6.45) is 1.75. The minimum Gasteiger partial charge on any atom is -0.505 e. The number of pyridine rings is 1. The topological polar surface area (TPSA) is 101 Å². The van der Waals surface area contributed by atoms with Crippen LogP contribution in [-0.4, -0.2) is 36.4 Å². The highest BCUT2D eigenvalue weighted by Crippen LogP contribution is 2.44. The van der Waals surface area contributed by atoms with Crippen molar-refractivity contribution in [2.45, 2.75) is 23.1 Å². The summed E-state index contributed by atoms with van der Waals surface area (Å²) in [5, 5.41) is 21.4. The molecular weight excluding hydrogens is 589 g/mol. The van der Waals surface area contributed by atoms with E-state index in [-0.39, 0.29) is 16.5 Å². The third-order valence-corrected chi connectivity index (χ3v) is 9.15. The molecule has 8 nitrogen and oxygen atoms in total. The van der Waals surface area contributed by atoms with Crippen molar-refractivity contribution in [3.8, 4) is 0 Å². The number of aliphatic hydroxyl groups is 1. The number of anilines is 1. The molecule has 0 bridgehead atoms. The van der Waals surface area contributed by atoms with E-state index in [4.69, 9.17) is 23.2 Å². The van der Waals surface area contributed by atoms with E-state index in [1.54, 1.807) is 53.9 Å². The molecule has 200 valence electrons. The molecule has 0 spiro atoms. The van der Waals surface area contributed by atoms with Gasteiger partial charge in [0.25, 0.3) is 5.78 Å². The van der Waals surface area contributed by atoms with Crippen LogP contribution < -0.4 is 4.90 Å². The largest absolute Gasteiger partial charge is 0.505 e. The summed E-state index contributed by atoms with van der Waals surface area (Å²) in [5.41, 5.74) is 2.97. The molecule has 4 heterocycles. The van der Waals surface area contributed by atoms with Crippen molar-refractivity contribution in [1.29, 1.82) is 0 Å². The summed E-state index contributed by atoms with van der Waals surface area (Å²) in [6.45, 7) is 1.75. The van der Waals surface area contributed by atoms with Crippen molar-refractivity contribution in [2.24, 2.45) is 0 Å². The molecule has 1 atom stereocenters. The normalized spacial score (nSPS) is 16.8. The maximum atomic E-state index is 13.5. The summed E-state index contributed by atoms with van der Waals surface area (Å²) in [5.74, 6) is -1.40. The van der Waals surface area contributed by atoms with E-state index in [0.717, 1.165) is 5.56 Å². The van der Waals surface area contributed by atoms with Crippen LogP contribution in [-0.2, 0) is 15.3 Å². The van der Waals surface area contributed by atoms with Crippen molar-refractivity contribution in [1.82, 2.24) is 19.6 Å². The van der Waals surface area contributed by atoms with Gasteiger partial charge in [0.05, 0.1) is 17.3 Å². The lowest BCUT2D eigenvalue weighted by molar-refractivity contribution is -0.132. The molecule has 3 aromatic heterocycles. The highest BCUT2D eigenvalue weighted by molar-refractivity contribution is 8.00. The number of benzene rings is 2. The number of aliphatic hydroxyl groups excluding tert-OH is 1. The van der Waals surface area contributed by atoms with E-state index in [2.05, 4.69) is 15.2 Å². The first kappa shape index (κ1) is 26.5. The number of ketones is 1. The van der Waals surface area contributed by atoms with E-state index in [1.165, 1.54) is 28.0 Å². The first-order chi connectivity index (χ1) is 19.3. The van der Waals surface area contributed by atoms with Gasteiger partial charge in [0.15, 0.2) is 10.1 Å². The van der Waals surface area contributed by atoms with E-state index >= 15 is 0 Å². The van der Waals surface area contributed by atoms with Gasteiger partial charge in [0, 0.05) is 22.0 Å². The number of amides is 1. The number of fused-ring (bicyclic) bond motifs is 1. The first-order valence-corrected chi connectivity index (χ1v) is 14.6. The van der Waals surface area contributed by atoms with Crippen LogP contribution in [0.2, 0.25) is 10.0 Å². The molecule has 0 radical (unpaired) electrons. The van der Waals surface area contributed by atoms with Gasteiger partial charge in [-0.05, 0) is 42.3 Å². The number of carbonyl (C=O) groups excluding carboxylic acids is 2. The van der Waals surface area contributed by atoms with Gasteiger partial charge in [-0.3, -0.25) is 18.9 Å². The Bertz CT molecular complexity index is 1820. The maximum Gasteiger partial charge on any atom is 0.301 e. The third-order valence-electron chi connectivity index (χ3n) is 6.46. The van der Waals surface area contributed by atoms with Crippen LogP contribution in [0.5, 0.6) is 0 Å². The van der Waals surface area contributed by atoms with Crippen molar-refractivity contribution in [2.75, 3.05) is 4.90 Å². The van der Waals surface area contributed by atoms with Gasteiger partial charge >= 0.3 is 5.91 Å². The molecule has 0 saturated carbocycles. The number of hydrogen-bond acceptors (Lipinski definition) is 8. The molecule has 2 aromatic carbocycles. The lowest BCUT2D eigenvalue weighted by atomic mass is 9.96. The van der Waals surface area contributed by atoms with E-state index < -0.39 is 17.7 Å². The molecule has 1 aliphatic heterocycles. The fourth-order valence-electron chi connectivity index (χ4n) is 4.64. The molecule has 12 heteroatoms. The molecule has 6 rings (SSSR count). The van der Waals surface area contributed by atoms with Gasteiger partial charge < -0.3 is 5.11 Å². The Balaban J connectivity index is 1.41. The van der Waals surface area contributed by atoms with Crippen LogP contribution >= 0.6 is 46.3 Å². The smallest absolute Gasteiger partial charge is 0.301 e. The van der Waals surface area contributed by atoms with Crippen molar-refractivity contribution < 1.29 is 14.7 Å². The highest BCUT2D eigenvalue weighted by Gasteiger charge is 2.48. The number of aryl methyl sites for hydroxylation is 1. The number of rotatable bonds is 6. The van der Waals surface area contributed by atoms with Crippen LogP contribution in [0.25, 0.3) is 11.4 Å². The Hall–Kier alpha value is -3.70. The number of halogens is 2. The summed E-state index contributed by atoms with van der Waals surface area (Å²) >= 11 is 14.9. The van der Waals surface area contributed by atoms with Crippen molar-refractivity contribution in [3.05, 3.63) is 111 Å².